The van der Waals surface area contributed by atoms with Gasteiger partial charge in [0.15, 0.2) is 8.52 Å². The van der Waals surface area contributed by atoms with E-state index < -0.39 is 0 Å². The van der Waals surface area contributed by atoms with Gasteiger partial charge in [-0.15, -0.1) is 0 Å². The van der Waals surface area contributed by atoms with Crippen molar-refractivity contribution in [3.8, 4) is 0 Å². The Morgan fingerprint density at radius 1 is 1.71 bits per heavy atom. The molecular weight excluding hydrogens is 147 g/mol. The number of nitrogens with zero attached hydrogens (tertiary/aromatic N) is 3. The van der Waals surface area contributed by atoms with Crippen molar-refractivity contribution < 1.29 is 0 Å². The van der Waals surface area contributed by atoms with E-state index in [2.05, 4.69) is 13.5 Å². The topological polar surface area (TPSA) is 28.0 Å². The maximum absolute atomic E-state index is 4.01. The summed E-state index contributed by atoms with van der Waals surface area (Å²) in [7, 11) is 4.58. The lowest BCUT2D eigenvalue weighted by Gasteiger charge is -2.03. The van der Waals surface area contributed by atoms with Gasteiger partial charge in [-0.1, -0.05) is 0 Å². The van der Waals surface area contributed by atoms with Crippen LogP contribution in [-0.2, 0) is 0 Å². The minimum absolute atomic E-state index is 0.615. The second-order valence-electron chi connectivity index (χ2n) is 0.992. The van der Waals surface area contributed by atoms with Crippen molar-refractivity contribution in [3.05, 3.63) is 0 Å². The normalized spacial score (nSPS) is 28.7. The first-order chi connectivity index (χ1) is 3.39. The van der Waals surface area contributed by atoms with Crippen LogP contribution in [0.4, 0.5) is 0 Å². The van der Waals surface area contributed by atoms with Crippen molar-refractivity contribution in [2.75, 3.05) is 7.05 Å². The fourth-order valence-electron chi connectivity index (χ4n) is 0.203. The van der Waals surface area contributed by atoms with Gasteiger partial charge in [0.1, 0.15) is 8.52 Å². The molecule has 6 heteroatoms. The van der Waals surface area contributed by atoms with E-state index in [1.54, 1.807) is 0 Å². The van der Waals surface area contributed by atoms with Crippen LogP contribution in [0.25, 0.3) is 0 Å². The Morgan fingerprint density at radius 3 is 2.86 bits per heavy atom. The molecule has 0 saturated heterocycles. The maximum atomic E-state index is 4.01. The maximum Gasteiger partial charge on any atom is 0.159 e. The molecule has 38 valence electrons. The van der Waals surface area contributed by atoms with E-state index in [0.29, 0.717) is 8.88 Å². The van der Waals surface area contributed by atoms with E-state index in [1.807, 2.05) is 7.05 Å². The third kappa shape index (κ3) is 1.88. The average Bonchev–Trinajstić information content (AvgIpc) is 1.69. The van der Waals surface area contributed by atoms with E-state index in [1.165, 1.54) is 0 Å². The van der Waals surface area contributed by atoms with Crippen LogP contribution < -0.4 is 0 Å². The Kier molecular flexibility index (Phi) is 2.28. The summed E-state index contributed by atoms with van der Waals surface area (Å²) in [5.74, 6) is 0. The molecule has 1 aliphatic heterocycles. The highest BCUT2D eigenvalue weighted by Crippen LogP contribution is 2.36. The highest BCUT2D eigenvalue weighted by atomic mass is 31.2. The fourth-order valence-corrected chi connectivity index (χ4v) is 2.90. The van der Waals surface area contributed by atoms with Crippen molar-refractivity contribution in [2.24, 2.45) is 9.03 Å². The molecule has 1 heterocycles. The lowest BCUT2D eigenvalue weighted by molar-refractivity contribution is 0.923. The van der Waals surface area contributed by atoms with Crippen molar-refractivity contribution in [1.29, 1.82) is 0 Å². The van der Waals surface area contributed by atoms with Crippen LogP contribution in [0.2, 0.25) is 0 Å². The summed E-state index contributed by atoms with van der Waals surface area (Å²) in [6.07, 6.45) is 0. The second-order valence-corrected chi connectivity index (χ2v) is 4.71. The lowest BCUT2D eigenvalue weighted by atomic mass is 11.6. The first-order valence-corrected chi connectivity index (χ1v) is 4.19. The van der Waals surface area contributed by atoms with Gasteiger partial charge in [-0.05, 0) is 0 Å². The van der Waals surface area contributed by atoms with Crippen molar-refractivity contribution in [3.63, 3.8) is 0 Å². The van der Waals surface area contributed by atoms with Crippen LogP contribution in [0.5, 0.6) is 0 Å². The SMILES string of the molecule is CN1P=NP=NP1. The van der Waals surface area contributed by atoms with E-state index in [-0.39, 0.29) is 0 Å². The highest BCUT2D eigenvalue weighted by molar-refractivity contribution is 7.55. The minimum atomic E-state index is 0.615. The van der Waals surface area contributed by atoms with Gasteiger partial charge in [0.05, 0.1) is 8.88 Å². The lowest BCUT2D eigenvalue weighted by Crippen LogP contribution is -1.84. The third-order valence-corrected chi connectivity index (χ3v) is 2.90. The monoisotopic (exact) mass is 151 g/mol. The summed E-state index contributed by atoms with van der Waals surface area (Å²) in [4.78, 5) is 0. The zero-order valence-electron chi connectivity index (χ0n) is 3.74. The first kappa shape index (κ1) is 5.72. The van der Waals surface area contributed by atoms with E-state index in [4.69, 9.17) is 0 Å². The summed E-state index contributed by atoms with van der Waals surface area (Å²) in [6.45, 7) is 0. The molecule has 1 rings (SSSR count). The molecule has 0 aromatic rings. The molecule has 0 spiro atoms. The van der Waals surface area contributed by atoms with Gasteiger partial charge >= 0.3 is 0 Å². The molecule has 0 fully saturated rings. The Bertz CT molecular complexity index is 109. The van der Waals surface area contributed by atoms with Gasteiger partial charge in [-0.25, -0.2) is 8.96 Å². The third-order valence-electron chi connectivity index (χ3n) is 0.448. The van der Waals surface area contributed by atoms with Crippen molar-refractivity contribution >= 4 is 25.9 Å². The summed E-state index contributed by atoms with van der Waals surface area (Å²) in [5.41, 5.74) is 0. The quantitative estimate of drug-likeness (QED) is 0.488. The smallest absolute Gasteiger partial charge is 0.159 e. The molecule has 1 atom stereocenters. The van der Waals surface area contributed by atoms with E-state index >= 15 is 0 Å². The second kappa shape index (κ2) is 2.79. The minimum Gasteiger partial charge on any atom is -0.208 e. The molecule has 0 amide bonds. The van der Waals surface area contributed by atoms with Crippen LogP contribution in [0.15, 0.2) is 9.03 Å². The molecule has 1 aliphatic rings. The van der Waals surface area contributed by atoms with Gasteiger partial charge in [0.2, 0.25) is 0 Å². The first-order valence-electron chi connectivity index (χ1n) is 1.69. The van der Waals surface area contributed by atoms with Crippen molar-refractivity contribution in [2.45, 2.75) is 0 Å². The number of hydrogen-bond donors (Lipinski definition) is 0. The predicted octanol–water partition coefficient (Wildman–Crippen LogP) is 2.53. The Balaban J connectivity index is 2.49. The Morgan fingerprint density at radius 2 is 2.57 bits per heavy atom. The molecule has 0 aliphatic carbocycles. The van der Waals surface area contributed by atoms with Crippen LogP contribution in [-0.4, -0.2) is 11.5 Å². The molecule has 0 bridgehead atoms. The molecule has 0 saturated carbocycles. The van der Waals surface area contributed by atoms with E-state index in [9.17, 15) is 0 Å². The highest BCUT2D eigenvalue weighted by Gasteiger charge is 1.92. The summed E-state index contributed by atoms with van der Waals surface area (Å²) in [5, 5.41) is 0. The van der Waals surface area contributed by atoms with Gasteiger partial charge in [-0.3, -0.25) is 0 Å². The molecule has 0 radical (unpaired) electrons. The molecule has 3 nitrogen and oxygen atoms in total. The number of hydrogen-bond acceptors (Lipinski definition) is 3. The van der Waals surface area contributed by atoms with Gasteiger partial charge < -0.3 is 0 Å². The predicted molar refractivity (Wildman–Crippen MR) is 34.8 cm³/mol. The number of rotatable bonds is 0. The summed E-state index contributed by atoms with van der Waals surface area (Å²) >= 11 is 0. The molecule has 7 heavy (non-hydrogen) atoms. The van der Waals surface area contributed by atoms with Gasteiger partial charge in [0.25, 0.3) is 0 Å². The molecule has 0 aromatic heterocycles. The summed E-state index contributed by atoms with van der Waals surface area (Å²) in [6, 6.07) is 0. The zero-order chi connectivity index (χ0) is 5.11. The standard InChI is InChI=1S/CH4N3P3/c1-4-6-2-5-3-7-4/h6H,1H3. The van der Waals surface area contributed by atoms with Gasteiger partial charge in [-0.2, -0.15) is 4.52 Å². The van der Waals surface area contributed by atoms with Crippen molar-refractivity contribution in [1.82, 2.24) is 4.44 Å². The van der Waals surface area contributed by atoms with E-state index in [0.717, 1.165) is 17.0 Å². The Labute approximate surface area is 47.3 Å². The van der Waals surface area contributed by atoms with Crippen LogP contribution >= 0.6 is 25.9 Å². The molecule has 0 aromatic carbocycles. The van der Waals surface area contributed by atoms with Crippen LogP contribution in [0.3, 0.4) is 0 Å². The fraction of sp³-hybridized carbons (Fsp3) is 1.00. The molecular formula is CH4N3P3. The van der Waals surface area contributed by atoms with Gasteiger partial charge in [0, 0.05) is 7.05 Å². The Hall–Kier alpha value is 0.590. The molecule has 1 unspecified atom stereocenters. The molecule has 0 N–H and O–H groups in total. The zero-order valence-corrected chi connectivity index (χ0v) is 6.52. The van der Waals surface area contributed by atoms with Crippen LogP contribution in [0, 0.1) is 0 Å². The average molecular weight is 151 g/mol. The van der Waals surface area contributed by atoms with Crippen LogP contribution in [0.1, 0.15) is 0 Å². The summed E-state index contributed by atoms with van der Waals surface area (Å²) < 4.78 is 10.0. The largest absolute Gasteiger partial charge is 0.208 e.